The van der Waals surface area contributed by atoms with Gasteiger partial charge >= 0.3 is 0 Å². The number of amides is 1. The van der Waals surface area contributed by atoms with Crippen LogP contribution in [0.4, 0.5) is 0 Å². The van der Waals surface area contributed by atoms with Crippen molar-refractivity contribution >= 4 is 17.5 Å². The van der Waals surface area contributed by atoms with Crippen molar-refractivity contribution in [3.8, 4) is 0 Å². The van der Waals surface area contributed by atoms with E-state index in [1.807, 2.05) is 22.7 Å². The number of hydrogen-bond acceptors (Lipinski definition) is 2. The van der Waals surface area contributed by atoms with Gasteiger partial charge in [0.15, 0.2) is 0 Å². The summed E-state index contributed by atoms with van der Waals surface area (Å²) in [5.41, 5.74) is 6.57. The van der Waals surface area contributed by atoms with Crippen LogP contribution in [-0.4, -0.2) is 35.0 Å². The Morgan fingerprint density at radius 1 is 1.48 bits per heavy atom. The molecule has 1 aliphatic rings. The molecule has 1 aromatic heterocycles. The van der Waals surface area contributed by atoms with Crippen molar-refractivity contribution in [3.05, 3.63) is 23.0 Å². The Labute approximate surface area is 132 Å². The molecule has 2 unspecified atom stereocenters. The van der Waals surface area contributed by atoms with E-state index in [0.717, 1.165) is 25.8 Å². The van der Waals surface area contributed by atoms with E-state index in [2.05, 4.69) is 6.92 Å². The Balaban J connectivity index is 2.18. The first-order valence-electron chi connectivity index (χ1n) is 7.91. The summed E-state index contributed by atoms with van der Waals surface area (Å²) in [4.78, 5) is 14.7. The molecular formula is C16H26ClN3O. The average molecular weight is 312 g/mol. The molecule has 1 aliphatic carbocycles. The monoisotopic (exact) mass is 311 g/mol. The fourth-order valence-corrected chi connectivity index (χ4v) is 3.61. The van der Waals surface area contributed by atoms with E-state index < -0.39 is 0 Å². The molecule has 2 rings (SSSR count). The molecule has 1 saturated carbocycles. The summed E-state index contributed by atoms with van der Waals surface area (Å²) in [6.45, 7) is 3.56. The lowest BCUT2D eigenvalue weighted by Crippen LogP contribution is -2.46. The minimum atomic E-state index is 0.0562. The first kappa shape index (κ1) is 16.4. The van der Waals surface area contributed by atoms with Crippen molar-refractivity contribution in [1.29, 1.82) is 0 Å². The van der Waals surface area contributed by atoms with Crippen molar-refractivity contribution in [2.45, 2.75) is 51.6 Å². The predicted molar refractivity (Wildman–Crippen MR) is 86.6 cm³/mol. The van der Waals surface area contributed by atoms with E-state index in [-0.39, 0.29) is 11.9 Å². The molecule has 0 spiro atoms. The van der Waals surface area contributed by atoms with E-state index in [1.54, 1.807) is 6.07 Å². The summed E-state index contributed by atoms with van der Waals surface area (Å²) in [7, 11) is 1.90. The van der Waals surface area contributed by atoms with Gasteiger partial charge in [0, 0.05) is 25.8 Å². The highest BCUT2D eigenvalue weighted by molar-refractivity contribution is 6.31. The van der Waals surface area contributed by atoms with Gasteiger partial charge in [0.2, 0.25) is 0 Å². The van der Waals surface area contributed by atoms with Crippen molar-refractivity contribution in [1.82, 2.24) is 9.47 Å². The lowest BCUT2D eigenvalue weighted by Gasteiger charge is -2.37. The van der Waals surface area contributed by atoms with Crippen molar-refractivity contribution in [2.24, 2.45) is 11.7 Å². The summed E-state index contributed by atoms with van der Waals surface area (Å²) >= 11 is 6.08. The molecule has 4 nitrogen and oxygen atoms in total. The maximum Gasteiger partial charge on any atom is 0.270 e. The molecule has 2 atom stereocenters. The largest absolute Gasteiger partial charge is 0.342 e. The van der Waals surface area contributed by atoms with Gasteiger partial charge in [-0.1, -0.05) is 31.4 Å². The Morgan fingerprint density at radius 3 is 2.86 bits per heavy atom. The van der Waals surface area contributed by atoms with Gasteiger partial charge in [-0.3, -0.25) is 4.79 Å². The van der Waals surface area contributed by atoms with E-state index >= 15 is 0 Å². The quantitative estimate of drug-likeness (QED) is 0.908. The number of nitrogens with two attached hydrogens (primary N) is 1. The first-order valence-corrected chi connectivity index (χ1v) is 8.29. The Hall–Kier alpha value is -1.00. The van der Waals surface area contributed by atoms with Crippen molar-refractivity contribution in [3.63, 3.8) is 0 Å². The zero-order chi connectivity index (χ0) is 15.4. The molecule has 118 valence electrons. The van der Waals surface area contributed by atoms with Gasteiger partial charge in [-0.05, 0) is 37.8 Å². The summed E-state index contributed by atoms with van der Waals surface area (Å²) in [5.74, 6) is 0.471. The molecule has 0 bridgehead atoms. The highest BCUT2D eigenvalue weighted by Gasteiger charge is 2.31. The third-order valence-corrected chi connectivity index (χ3v) is 4.74. The smallest absolute Gasteiger partial charge is 0.270 e. The van der Waals surface area contributed by atoms with Crippen LogP contribution in [0.15, 0.2) is 12.3 Å². The maximum atomic E-state index is 12.8. The van der Waals surface area contributed by atoms with E-state index in [1.165, 1.54) is 12.8 Å². The van der Waals surface area contributed by atoms with E-state index in [4.69, 9.17) is 17.3 Å². The van der Waals surface area contributed by atoms with Gasteiger partial charge in [0.25, 0.3) is 5.91 Å². The molecule has 0 saturated heterocycles. The Morgan fingerprint density at radius 2 is 2.19 bits per heavy atom. The normalized spacial score (nSPS) is 22.3. The number of aryl methyl sites for hydroxylation is 1. The van der Waals surface area contributed by atoms with Crippen LogP contribution in [0.5, 0.6) is 0 Å². The van der Waals surface area contributed by atoms with Crippen LogP contribution < -0.4 is 5.73 Å². The van der Waals surface area contributed by atoms with Crippen LogP contribution in [-0.2, 0) is 6.54 Å². The van der Waals surface area contributed by atoms with Gasteiger partial charge in [0.1, 0.15) is 5.69 Å². The summed E-state index contributed by atoms with van der Waals surface area (Å²) in [6, 6.07) is 2.02. The van der Waals surface area contributed by atoms with Crippen LogP contribution in [0, 0.1) is 5.92 Å². The van der Waals surface area contributed by atoms with E-state index in [9.17, 15) is 4.79 Å². The van der Waals surface area contributed by atoms with Crippen LogP contribution in [0.1, 0.15) is 49.5 Å². The van der Waals surface area contributed by atoms with Crippen molar-refractivity contribution in [2.75, 3.05) is 13.6 Å². The summed E-state index contributed by atoms with van der Waals surface area (Å²) in [6.07, 6.45) is 7.38. The number of aromatic nitrogens is 1. The van der Waals surface area contributed by atoms with Crippen molar-refractivity contribution < 1.29 is 4.79 Å². The fourth-order valence-electron chi connectivity index (χ4n) is 3.38. The lowest BCUT2D eigenvalue weighted by atomic mass is 9.83. The zero-order valence-electron chi connectivity index (χ0n) is 13.0. The second kappa shape index (κ2) is 7.32. The second-order valence-electron chi connectivity index (χ2n) is 6.00. The van der Waals surface area contributed by atoms with Gasteiger partial charge in [-0.25, -0.2) is 0 Å². The SMILES string of the molecule is CCCn1cc(Cl)cc1C(=O)N(C)C1CCCCC1CN. The minimum absolute atomic E-state index is 0.0562. The lowest BCUT2D eigenvalue weighted by molar-refractivity contribution is 0.0609. The molecule has 1 amide bonds. The molecule has 5 heteroatoms. The molecule has 0 aromatic carbocycles. The minimum Gasteiger partial charge on any atom is -0.342 e. The number of rotatable bonds is 5. The highest BCUT2D eigenvalue weighted by Crippen LogP contribution is 2.28. The Kier molecular flexibility index (Phi) is 5.71. The molecule has 1 fully saturated rings. The van der Waals surface area contributed by atoms with Crippen LogP contribution in [0.25, 0.3) is 0 Å². The third-order valence-electron chi connectivity index (χ3n) is 4.54. The molecule has 0 radical (unpaired) electrons. The Bertz CT molecular complexity index is 486. The number of carbonyl (C=O) groups is 1. The predicted octanol–water partition coefficient (Wildman–Crippen LogP) is 3.14. The second-order valence-corrected chi connectivity index (χ2v) is 6.44. The first-order chi connectivity index (χ1) is 10.1. The summed E-state index contributed by atoms with van der Waals surface area (Å²) in [5, 5.41) is 0.624. The number of halogens is 1. The number of nitrogens with zero attached hydrogens (tertiary/aromatic N) is 2. The molecule has 2 N–H and O–H groups in total. The van der Waals surface area contributed by atoms with Gasteiger partial charge in [-0.2, -0.15) is 0 Å². The molecule has 0 aliphatic heterocycles. The molecule has 1 aromatic rings. The van der Waals surface area contributed by atoms with E-state index in [0.29, 0.717) is 23.2 Å². The third kappa shape index (κ3) is 3.61. The summed E-state index contributed by atoms with van der Waals surface area (Å²) < 4.78 is 1.96. The number of carbonyl (C=O) groups excluding carboxylic acids is 1. The average Bonchev–Trinajstić information content (AvgIpc) is 2.86. The zero-order valence-corrected chi connectivity index (χ0v) is 13.8. The highest BCUT2D eigenvalue weighted by atomic mass is 35.5. The molecular weight excluding hydrogens is 286 g/mol. The van der Waals surface area contributed by atoms with Gasteiger partial charge in [-0.15, -0.1) is 0 Å². The van der Waals surface area contributed by atoms with Crippen LogP contribution in [0.2, 0.25) is 5.02 Å². The van der Waals surface area contributed by atoms with Crippen LogP contribution in [0.3, 0.4) is 0 Å². The van der Waals surface area contributed by atoms with Gasteiger partial charge < -0.3 is 15.2 Å². The maximum absolute atomic E-state index is 12.8. The number of hydrogen-bond donors (Lipinski definition) is 1. The topological polar surface area (TPSA) is 51.3 Å². The van der Waals surface area contributed by atoms with Gasteiger partial charge in [0.05, 0.1) is 5.02 Å². The molecule has 1 heterocycles. The molecule has 21 heavy (non-hydrogen) atoms. The standard InChI is InChI=1S/C16H26ClN3O/c1-3-8-20-11-13(17)9-15(20)16(21)19(2)14-7-5-4-6-12(14)10-18/h9,11-12,14H,3-8,10,18H2,1-2H3. The fraction of sp³-hybridized carbons (Fsp3) is 0.688. The van der Waals surface area contributed by atoms with Crippen LogP contribution >= 0.6 is 11.6 Å².